The van der Waals surface area contributed by atoms with Crippen LogP contribution in [0.4, 0.5) is 0 Å². The van der Waals surface area contributed by atoms with Crippen molar-refractivity contribution in [1.82, 2.24) is 0 Å². The molecule has 0 aromatic rings. The zero-order valence-electron chi connectivity index (χ0n) is 9.90. The Bertz CT molecular complexity index is 428. The fourth-order valence-electron chi connectivity index (χ4n) is 2.57. The Morgan fingerprint density at radius 2 is 1.47 bits per heavy atom. The minimum atomic E-state index is -1.71. The molecule has 1 rings (SSSR count). The van der Waals surface area contributed by atoms with Crippen molar-refractivity contribution in [3.05, 3.63) is 0 Å². The van der Waals surface area contributed by atoms with Gasteiger partial charge in [0.2, 0.25) is 0 Å². The Morgan fingerprint density at radius 3 is 1.84 bits per heavy atom. The molecule has 1 fully saturated rings. The number of hydrogen-bond acceptors (Lipinski definition) is 4. The molecule has 0 aliphatic heterocycles. The molecular formula is C11H14O8. The van der Waals surface area contributed by atoms with Gasteiger partial charge in [-0.3, -0.25) is 19.2 Å². The first kappa shape index (κ1) is 14.9. The van der Waals surface area contributed by atoms with Gasteiger partial charge in [0.1, 0.15) is 0 Å². The topological polar surface area (TPSA) is 149 Å². The van der Waals surface area contributed by atoms with Gasteiger partial charge >= 0.3 is 23.9 Å². The van der Waals surface area contributed by atoms with Crippen LogP contribution in [0.15, 0.2) is 0 Å². The van der Waals surface area contributed by atoms with Gasteiger partial charge in [0.05, 0.1) is 23.7 Å². The number of rotatable bonds is 5. The summed E-state index contributed by atoms with van der Waals surface area (Å²) in [5.74, 6) is -8.03. The predicted molar refractivity (Wildman–Crippen MR) is 58.4 cm³/mol. The van der Waals surface area contributed by atoms with Crippen LogP contribution < -0.4 is 0 Å². The molecule has 0 heterocycles. The third kappa shape index (κ3) is 3.01. The summed E-state index contributed by atoms with van der Waals surface area (Å²) in [5.41, 5.74) is -1.71. The highest BCUT2D eigenvalue weighted by atomic mass is 16.4. The molecule has 19 heavy (non-hydrogen) atoms. The first-order chi connectivity index (χ1) is 8.69. The predicted octanol–water partition coefficient (Wildman–Crippen LogP) is 0.118. The van der Waals surface area contributed by atoms with E-state index in [9.17, 15) is 19.2 Å². The van der Waals surface area contributed by atoms with Gasteiger partial charge in [0.15, 0.2) is 0 Å². The molecule has 0 saturated heterocycles. The van der Waals surface area contributed by atoms with Crippen LogP contribution in [0, 0.1) is 17.3 Å². The van der Waals surface area contributed by atoms with Crippen molar-refractivity contribution in [2.45, 2.75) is 25.7 Å². The number of carboxylic acid groups (broad SMARTS) is 4. The van der Waals surface area contributed by atoms with Gasteiger partial charge in [-0.15, -0.1) is 0 Å². The fourth-order valence-corrected chi connectivity index (χ4v) is 2.57. The van der Waals surface area contributed by atoms with Crippen molar-refractivity contribution >= 4 is 23.9 Å². The van der Waals surface area contributed by atoms with E-state index in [0.29, 0.717) is 0 Å². The molecule has 1 saturated carbocycles. The van der Waals surface area contributed by atoms with Gasteiger partial charge in [0.25, 0.3) is 0 Å². The summed E-state index contributed by atoms with van der Waals surface area (Å²) < 4.78 is 0. The fraction of sp³-hybridized carbons (Fsp3) is 0.636. The van der Waals surface area contributed by atoms with Crippen LogP contribution in [0.2, 0.25) is 0 Å². The molecule has 8 heteroatoms. The lowest BCUT2D eigenvalue weighted by atomic mass is 9.63. The number of hydrogen-bond donors (Lipinski definition) is 4. The zero-order valence-corrected chi connectivity index (χ0v) is 9.90. The molecule has 0 aromatic heterocycles. The van der Waals surface area contributed by atoms with E-state index in [-0.39, 0.29) is 12.8 Å². The van der Waals surface area contributed by atoms with Crippen molar-refractivity contribution in [3.8, 4) is 0 Å². The van der Waals surface area contributed by atoms with Crippen molar-refractivity contribution < 1.29 is 39.6 Å². The summed E-state index contributed by atoms with van der Waals surface area (Å²) in [4.78, 5) is 44.0. The average Bonchev–Trinajstić information content (AvgIpc) is 2.27. The highest BCUT2D eigenvalue weighted by molar-refractivity contribution is 5.85. The largest absolute Gasteiger partial charge is 0.481 e. The van der Waals surface area contributed by atoms with E-state index in [1.54, 1.807) is 0 Å². The highest BCUT2D eigenvalue weighted by Gasteiger charge is 2.51. The molecule has 0 radical (unpaired) electrons. The van der Waals surface area contributed by atoms with Crippen molar-refractivity contribution in [1.29, 1.82) is 0 Å². The van der Waals surface area contributed by atoms with Crippen LogP contribution in [-0.4, -0.2) is 44.3 Å². The molecule has 1 aliphatic rings. The van der Waals surface area contributed by atoms with Crippen LogP contribution in [0.1, 0.15) is 25.7 Å². The van der Waals surface area contributed by atoms with E-state index in [2.05, 4.69) is 0 Å². The van der Waals surface area contributed by atoms with E-state index >= 15 is 0 Å². The van der Waals surface area contributed by atoms with Crippen LogP contribution in [0.5, 0.6) is 0 Å². The molecule has 1 aliphatic carbocycles. The monoisotopic (exact) mass is 274 g/mol. The maximum Gasteiger partial charge on any atom is 0.310 e. The Balaban J connectivity index is 3.07. The first-order valence-electron chi connectivity index (χ1n) is 5.60. The van der Waals surface area contributed by atoms with E-state index in [1.165, 1.54) is 0 Å². The number of aliphatic carboxylic acids is 4. The second kappa shape index (κ2) is 5.25. The van der Waals surface area contributed by atoms with E-state index < -0.39 is 54.0 Å². The molecule has 106 valence electrons. The Hall–Kier alpha value is -2.12. The first-order valence-corrected chi connectivity index (χ1v) is 5.60. The minimum absolute atomic E-state index is 0.157. The summed E-state index contributed by atoms with van der Waals surface area (Å²) in [5, 5.41) is 35.8. The lowest BCUT2D eigenvalue weighted by molar-refractivity contribution is -0.168. The lowest BCUT2D eigenvalue weighted by Gasteiger charge is -2.38. The Morgan fingerprint density at radius 1 is 0.947 bits per heavy atom. The van der Waals surface area contributed by atoms with E-state index in [1.807, 2.05) is 0 Å². The molecule has 3 atom stereocenters. The standard InChI is InChI=1S/C11H14O8/c12-7(13)4-11(10(18)19)2-1-5(8(14)15)6(3-11)9(16)17/h5-6H,1-4H2,(H,12,13)(H,14,15)(H,16,17)(H,18,19). The van der Waals surface area contributed by atoms with Crippen molar-refractivity contribution in [2.24, 2.45) is 17.3 Å². The van der Waals surface area contributed by atoms with Crippen molar-refractivity contribution in [3.63, 3.8) is 0 Å². The van der Waals surface area contributed by atoms with Gasteiger partial charge in [-0.25, -0.2) is 0 Å². The zero-order chi connectivity index (χ0) is 14.8. The molecule has 0 bridgehead atoms. The molecule has 0 spiro atoms. The third-order valence-electron chi connectivity index (χ3n) is 3.61. The van der Waals surface area contributed by atoms with Crippen LogP contribution in [-0.2, 0) is 19.2 Å². The lowest BCUT2D eigenvalue weighted by Crippen LogP contribution is -2.45. The second-order valence-corrected chi connectivity index (χ2v) is 4.79. The SMILES string of the molecule is O=C(O)CC1(C(=O)O)CCC(C(=O)O)C(C(=O)O)C1. The van der Waals surface area contributed by atoms with Gasteiger partial charge in [-0.2, -0.15) is 0 Å². The Kier molecular flexibility index (Phi) is 4.13. The van der Waals surface area contributed by atoms with Crippen molar-refractivity contribution in [2.75, 3.05) is 0 Å². The molecule has 0 aromatic carbocycles. The summed E-state index contributed by atoms with van der Waals surface area (Å²) in [7, 11) is 0. The average molecular weight is 274 g/mol. The summed E-state index contributed by atoms with van der Waals surface area (Å²) in [6.07, 6.45) is -1.51. The van der Waals surface area contributed by atoms with Crippen LogP contribution in [0.3, 0.4) is 0 Å². The Labute approximate surface area is 107 Å². The molecule has 8 nitrogen and oxygen atoms in total. The number of carboxylic acids is 4. The molecule has 4 N–H and O–H groups in total. The number of carbonyl (C=O) groups is 4. The molecule has 3 unspecified atom stereocenters. The summed E-state index contributed by atoms with van der Waals surface area (Å²) in [6, 6.07) is 0. The maximum atomic E-state index is 11.3. The molecular weight excluding hydrogens is 260 g/mol. The van der Waals surface area contributed by atoms with E-state index in [4.69, 9.17) is 20.4 Å². The third-order valence-corrected chi connectivity index (χ3v) is 3.61. The highest BCUT2D eigenvalue weighted by Crippen LogP contribution is 2.45. The van der Waals surface area contributed by atoms with Gasteiger partial charge < -0.3 is 20.4 Å². The van der Waals surface area contributed by atoms with Gasteiger partial charge in [-0.05, 0) is 19.3 Å². The van der Waals surface area contributed by atoms with E-state index in [0.717, 1.165) is 0 Å². The molecule has 0 amide bonds. The summed E-state index contributed by atoms with van der Waals surface area (Å²) >= 11 is 0. The summed E-state index contributed by atoms with van der Waals surface area (Å²) in [6.45, 7) is 0. The normalized spacial score (nSPS) is 30.5. The van der Waals surface area contributed by atoms with Gasteiger partial charge in [0, 0.05) is 0 Å². The van der Waals surface area contributed by atoms with Crippen LogP contribution in [0.25, 0.3) is 0 Å². The van der Waals surface area contributed by atoms with Gasteiger partial charge in [-0.1, -0.05) is 0 Å². The smallest absolute Gasteiger partial charge is 0.310 e. The van der Waals surface area contributed by atoms with Crippen LogP contribution >= 0.6 is 0 Å². The second-order valence-electron chi connectivity index (χ2n) is 4.79. The maximum absolute atomic E-state index is 11.3. The quantitative estimate of drug-likeness (QED) is 0.552. The minimum Gasteiger partial charge on any atom is -0.481 e.